The molecule has 10 heteroatoms. The SMILES string of the molecule is CCCCCCCCC/C=C/C/C=C/C/C=C/C/C=C/CCCC(=O)OC[C@@H](COP(=O)(O)OCCN)OC(=O)CCCCCCCCCCCCCC. The smallest absolute Gasteiger partial charge is 0.462 e. The van der Waals surface area contributed by atoms with E-state index in [1.807, 2.05) is 0 Å². The van der Waals surface area contributed by atoms with Crippen LogP contribution in [-0.2, 0) is 32.7 Å². The zero-order valence-corrected chi connectivity index (χ0v) is 35.3. The van der Waals surface area contributed by atoms with Crippen molar-refractivity contribution in [1.82, 2.24) is 0 Å². The van der Waals surface area contributed by atoms with Crippen molar-refractivity contribution in [1.29, 1.82) is 0 Å². The van der Waals surface area contributed by atoms with Gasteiger partial charge in [-0.15, -0.1) is 0 Å². The number of carbonyl (C=O) groups excluding carboxylic acids is 2. The number of nitrogens with two attached hydrogens (primary N) is 1. The van der Waals surface area contributed by atoms with E-state index in [0.29, 0.717) is 12.8 Å². The van der Waals surface area contributed by atoms with Gasteiger partial charge in [0.15, 0.2) is 6.10 Å². The van der Waals surface area contributed by atoms with Crippen LogP contribution in [0.3, 0.4) is 0 Å². The van der Waals surface area contributed by atoms with E-state index in [2.05, 4.69) is 62.5 Å². The molecule has 1 unspecified atom stereocenters. The second-order valence-electron chi connectivity index (χ2n) is 14.2. The standard InChI is InChI=1S/C44H80NO8P/c1-3-5-7-9-11-13-15-17-18-19-20-21-22-23-24-25-27-28-30-32-34-36-43(46)50-40-42(41-52-54(48,49)51-39-38-45)53-44(47)37-35-33-31-29-26-16-14-12-10-8-6-4-2/h18-19,21-22,24-25,28,30,42H,3-17,20,23,26-27,29,31-41,45H2,1-2H3,(H,48,49)/b19-18+,22-21+,25-24+,30-28+/t42-/m0/s1. The molecular weight excluding hydrogens is 701 g/mol. The summed E-state index contributed by atoms with van der Waals surface area (Å²) in [6.45, 7) is 3.66. The van der Waals surface area contributed by atoms with Gasteiger partial charge in [-0.1, -0.05) is 172 Å². The van der Waals surface area contributed by atoms with E-state index in [1.54, 1.807) is 0 Å². The summed E-state index contributed by atoms with van der Waals surface area (Å²) < 4.78 is 32.7. The molecule has 0 aromatic rings. The Morgan fingerprint density at radius 2 is 0.981 bits per heavy atom. The Hall–Kier alpha value is -2.03. The third-order valence-electron chi connectivity index (χ3n) is 8.97. The summed E-state index contributed by atoms with van der Waals surface area (Å²) >= 11 is 0. The lowest BCUT2D eigenvalue weighted by molar-refractivity contribution is -0.161. The molecule has 0 aromatic carbocycles. The fourth-order valence-electron chi connectivity index (χ4n) is 5.74. The fraction of sp³-hybridized carbons (Fsp3) is 0.773. The molecule has 54 heavy (non-hydrogen) atoms. The first-order chi connectivity index (χ1) is 26.3. The van der Waals surface area contributed by atoms with E-state index in [9.17, 15) is 19.0 Å². The van der Waals surface area contributed by atoms with Gasteiger partial charge in [-0.3, -0.25) is 18.6 Å². The first-order valence-electron chi connectivity index (χ1n) is 21.6. The maximum absolute atomic E-state index is 12.5. The summed E-state index contributed by atoms with van der Waals surface area (Å²) in [6, 6.07) is 0. The summed E-state index contributed by atoms with van der Waals surface area (Å²) in [5.41, 5.74) is 5.34. The minimum Gasteiger partial charge on any atom is -0.462 e. The van der Waals surface area contributed by atoms with Crippen molar-refractivity contribution in [2.24, 2.45) is 5.73 Å². The van der Waals surface area contributed by atoms with E-state index in [0.717, 1.165) is 44.9 Å². The van der Waals surface area contributed by atoms with Crippen molar-refractivity contribution < 1.29 is 37.6 Å². The maximum atomic E-state index is 12.5. The van der Waals surface area contributed by atoms with Gasteiger partial charge in [0, 0.05) is 19.4 Å². The number of phosphoric ester groups is 1. The third-order valence-corrected chi connectivity index (χ3v) is 9.95. The molecule has 0 spiro atoms. The average Bonchev–Trinajstić information content (AvgIpc) is 3.16. The van der Waals surface area contributed by atoms with Crippen LogP contribution in [0.1, 0.15) is 187 Å². The molecule has 9 nitrogen and oxygen atoms in total. The molecule has 0 radical (unpaired) electrons. The number of carbonyl (C=O) groups is 2. The first kappa shape index (κ1) is 52.0. The Morgan fingerprint density at radius 1 is 0.556 bits per heavy atom. The van der Waals surface area contributed by atoms with E-state index < -0.39 is 32.5 Å². The number of phosphoric acid groups is 1. The number of rotatable bonds is 40. The van der Waals surface area contributed by atoms with Crippen LogP contribution >= 0.6 is 7.82 Å². The summed E-state index contributed by atoms with van der Waals surface area (Å²) in [5, 5.41) is 0. The minimum absolute atomic E-state index is 0.0458. The molecule has 0 aliphatic rings. The average molecular weight is 782 g/mol. The molecule has 0 aliphatic heterocycles. The molecule has 0 aromatic heterocycles. The van der Waals surface area contributed by atoms with Crippen molar-refractivity contribution in [2.75, 3.05) is 26.4 Å². The zero-order valence-electron chi connectivity index (χ0n) is 34.4. The number of allylic oxidation sites excluding steroid dienone is 8. The number of unbranched alkanes of at least 4 members (excludes halogenated alkanes) is 19. The molecular formula is C44H80NO8P. The van der Waals surface area contributed by atoms with Crippen molar-refractivity contribution in [3.05, 3.63) is 48.6 Å². The Labute approximate surface area is 330 Å². The van der Waals surface area contributed by atoms with Gasteiger partial charge in [-0.25, -0.2) is 4.57 Å². The monoisotopic (exact) mass is 782 g/mol. The lowest BCUT2D eigenvalue weighted by Gasteiger charge is -2.19. The fourth-order valence-corrected chi connectivity index (χ4v) is 6.51. The second-order valence-corrected chi connectivity index (χ2v) is 15.7. The van der Waals surface area contributed by atoms with E-state index in [-0.39, 0.29) is 32.6 Å². The van der Waals surface area contributed by atoms with Gasteiger partial charge < -0.3 is 20.1 Å². The summed E-state index contributed by atoms with van der Waals surface area (Å²) in [6.07, 6.45) is 45.8. The molecule has 0 aliphatic carbocycles. The summed E-state index contributed by atoms with van der Waals surface area (Å²) in [4.78, 5) is 34.8. The van der Waals surface area contributed by atoms with E-state index in [4.69, 9.17) is 24.3 Å². The molecule has 0 fully saturated rings. The topological polar surface area (TPSA) is 134 Å². The van der Waals surface area contributed by atoms with Gasteiger partial charge in [0.25, 0.3) is 0 Å². The predicted molar refractivity (Wildman–Crippen MR) is 224 cm³/mol. The van der Waals surface area contributed by atoms with E-state index in [1.165, 1.54) is 103 Å². The number of hydrogen-bond acceptors (Lipinski definition) is 8. The molecule has 3 N–H and O–H groups in total. The van der Waals surface area contributed by atoms with Gasteiger partial charge in [-0.2, -0.15) is 0 Å². The zero-order chi connectivity index (χ0) is 39.6. The molecule has 0 rings (SSSR count). The maximum Gasteiger partial charge on any atom is 0.472 e. The third kappa shape index (κ3) is 39.7. The molecule has 0 amide bonds. The number of hydrogen-bond donors (Lipinski definition) is 2. The van der Waals surface area contributed by atoms with Gasteiger partial charge in [0.2, 0.25) is 0 Å². The van der Waals surface area contributed by atoms with Crippen LogP contribution in [0.15, 0.2) is 48.6 Å². The van der Waals surface area contributed by atoms with Crippen molar-refractivity contribution in [3.8, 4) is 0 Å². The van der Waals surface area contributed by atoms with Gasteiger partial charge in [0.1, 0.15) is 6.61 Å². The normalized spacial score (nSPS) is 13.8. The lowest BCUT2D eigenvalue weighted by atomic mass is 10.0. The first-order valence-corrected chi connectivity index (χ1v) is 23.1. The van der Waals surface area contributed by atoms with Crippen LogP contribution in [-0.4, -0.2) is 49.3 Å². The van der Waals surface area contributed by atoms with Crippen LogP contribution in [0.4, 0.5) is 0 Å². The second kappa shape index (κ2) is 40.6. The van der Waals surface area contributed by atoms with Crippen LogP contribution in [0.5, 0.6) is 0 Å². The highest BCUT2D eigenvalue weighted by Crippen LogP contribution is 2.43. The van der Waals surface area contributed by atoms with Crippen molar-refractivity contribution in [3.63, 3.8) is 0 Å². The number of esters is 2. The van der Waals surface area contributed by atoms with Crippen LogP contribution in [0.2, 0.25) is 0 Å². The Morgan fingerprint density at radius 3 is 1.48 bits per heavy atom. The minimum atomic E-state index is -4.38. The van der Waals surface area contributed by atoms with Crippen LogP contribution in [0, 0.1) is 0 Å². The Kier molecular flexibility index (Phi) is 39.1. The van der Waals surface area contributed by atoms with E-state index >= 15 is 0 Å². The molecule has 0 saturated heterocycles. The highest BCUT2D eigenvalue weighted by molar-refractivity contribution is 7.47. The quantitative estimate of drug-likeness (QED) is 0.0269. The Bertz CT molecular complexity index is 1030. The highest BCUT2D eigenvalue weighted by atomic mass is 31.2. The lowest BCUT2D eigenvalue weighted by Crippen LogP contribution is -2.29. The van der Waals surface area contributed by atoms with Crippen LogP contribution < -0.4 is 5.73 Å². The van der Waals surface area contributed by atoms with Crippen molar-refractivity contribution >= 4 is 19.8 Å². The van der Waals surface area contributed by atoms with Crippen molar-refractivity contribution in [2.45, 2.75) is 193 Å². The molecule has 314 valence electrons. The predicted octanol–water partition coefficient (Wildman–Crippen LogP) is 12.3. The molecule has 0 saturated carbocycles. The number of ether oxygens (including phenoxy) is 2. The van der Waals surface area contributed by atoms with Gasteiger partial charge in [-0.05, 0) is 51.4 Å². The van der Waals surface area contributed by atoms with Gasteiger partial charge in [0.05, 0.1) is 13.2 Å². The summed E-state index contributed by atoms with van der Waals surface area (Å²) in [5.74, 6) is -0.893. The Balaban J connectivity index is 4.23. The molecule has 0 bridgehead atoms. The molecule has 0 heterocycles. The summed E-state index contributed by atoms with van der Waals surface area (Å²) in [7, 11) is -4.38. The van der Waals surface area contributed by atoms with Gasteiger partial charge >= 0.3 is 19.8 Å². The molecule has 2 atom stereocenters. The van der Waals surface area contributed by atoms with Crippen LogP contribution in [0.25, 0.3) is 0 Å². The highest BCUT2D eigenvalue weighted by Gasteiger charge is 2.25. The largest absolute Gasteiger partial charge is 0.472 e.